The van der Waals surface area contributed by atoms with Crippen molar-refractivity contribution in [2.75, 3.05) is 19.8 Å². The molecule has 1 aliphatic rings. The van der Waals surface area contributed by atoms with Crippen LogP contribution in [-0.2, 0) is 4.74 Å². The number of nitrogens with one attached hydrogen (secondary N) is 1. The average Bonchev–Trinajstić information content (AvgIpc) is 2.60. The van der Waals surface area contributed by atoms with E-state index in [0.717, 1.165) is 19.3 Å². The molecule has 0 fully saturated rings. The van der Waals surface area contributed by atoms with Crippen molar-refractivity contribution in [2.24, 2.45) is 5.92 Å². The van der Waals surface area contributed by atoms with E-state index in [1.54, 1.807) is 6.07 Å². The molecular weight excluding hydrogens is 310 g/mol. The number of rotatable bonds is 8. The Morgan fingerprint density at radius 2 is 2.04 bits per heavy atom. The molecule has 6 heteroatoms. The highest BCUT2D eigenvalue weighted by Crippen LogP contribution is 2.18. The fraction of sp³-hybridized carbons (Fsp3) is 0.444. The fourth-order valence-electron chi connectivity index (χ4n) is 2.60. The smallest absolute Gasteiger partial charge is 0.252 e. The van der Waals surface area contributed by atoms with Gasteiger partial charge in [-0.25, -0.2) is 0 Å². The third kappa shape index (κ3) is 5.47. The molecular formula is C18H22NO5-. The molecule has 24 heavy (non-hydrogen) atoms. The van der Waals surface area contributed by atoms with E-state index in [-0.39, 0.29) is 24.3 Å². The molecule has 0 spiro atoms. The van der Waals surface area contributed by atoms with Gasteiger partial charge in [-0.15, -0.1) is 0 Å². The number of carboxylic acids is 1. The maximum Gasteiger partial charge on any atom is 0.252 e. The summed E-state index contributed by atoms with van der Waals surface area (Å²) in [4.78, 5) is 23.0. The van der Waals surface area contributed by atoms with Crippen molar-refractivity contribution >= 4 is 11.9 Å². The number of aromatic carboxylic acids is 1. The van der Waals surface area contributed by atoms with Crippen molar-refractivity contribution in [3.05, 3.63) is 47.5 Å². The summed E-state index contributed by atoms with van der Waals surface area (Å²) in [6, 6.07) is 5.80. The fourth-order valence-corrected chi connectivity index (χ4v) is 2.60. The van der Waals surface area contributed by atoms with Crippen LogP contribution in [0.4, 0.5) is 0 Å². The number of carbonyl (C=O) groups is 2. The van der Waals surface area contributed by atoms with Crippen molar-refractivity contribution in [3.63, 3.8) is 0 Å². The molecule has 1 aliphatic carbocycles. The van der Waals surface area contributed by atoms with Crippen LogP contribution in [0.15, 0.2) is 36.4 Å². The minimum Gasteiger partial charge on any atom is -0.545 e. The van der Waals surface area contributed by atoms with Crippen molar-refractivity contribution in [1.82, 2.24) is 5.32 Å². The molecule has 0 aliphatic heterocycles. The lowest BCUT2D eigenvalue weighted by Gasteiger charge is -2.19. The third-order valence-electron chi connectivity index (χ3n) is 3.93. The van der Waals surface area contributed by atoms with Gasteiger partial charge in [0.05, 0.1) is 18.7 Å². The molecule has 1 aromatic carbocycles. The number of amides is 1. The number of benzene rings is 1. The van der Waals surface area contributed by atoms with Crippen LogP contribution in [0.3, 0.4) is 0 Å². The summed E-state index contributed by atoms with van der Waals surface area (Å²) in [6.45, 7) is 0.705. The maximum absolute atomic E-state index is 12.0. The van der Waals surface area contributed by atoms with Crippen molar-refractivity contribution in [2.45, 2.75) is 25.4 Å². The summed E-state index contributed by atoms with van der Waals surface area (Å²) in [6.07, 6.45) is 6.60. The molecule has 0 saturated heterocycles. The summed E-state index contributed by atoms with van der Waals surface area (Å²) in [5.74, 6) is -1.50. The number of ether oxygens (including phenoxy) is 1. The van der Waals surface area contributed by atoms with E-state index in [0.29, 0.717) is 12.5 Å². The van der Waals surface area contributed by atoms with Gasteiger partial charge >= 0.3 is 0 Å². The predicted molar refractivity (Wildman–Crippen MR) is 86.4 cm³/mol. The zero-order valence-corrected chi connectivity index (χ0v) is 13.4. The Morgan fingerprint density at radius 3 is 2.71 bits per heavy atom. The molecule has 1 aromatic rings. The van der Waals surface area contributed by atoms with Gasteiger partial charge in [-0.3, -0.25) is 4.79 Å². The van der Waals surface area contributed by atoms with E-state index in [9.17, 15) is 19.8 Å². The normalized spacial score (nSPS) is 18.1. The summed E-state index contributed by atoms with van der Waals surface area (Å²) < 4.78 is 5.50. The summed E-state index contributed by atoms with van der Waals surface area (Å²) in [5, 5.41) is 23.4. The van der Waals surface area contributed by atoms with Gasteiger partial charge in [-0.1, -0.05) is 30.4 Å². The Balaban J connectivity index is 1.73. The van der Waals surface area contributed by atoms with Crippen LogP contribution in [0.25, 0.3) is 0 Å². The predicted octanol–water partition coefficient (Wildman–Crippen LogP) is 0.514. The molecule has 1 amide bonds. The quantitative estimate of drug-likeness (QED) is 0.676. The second-order valence-electron chi connectivity index (χ2n) is 5.88. The number of carbonyl (C=O) groups excluding carboxylic acids is 2. The minimum absolute atomic E-state index is 0.00914. The monoisotopic (exact) mass is 332 g/mol. The van der Waals surface area contributed by atoms with E-state index >= 15 is 0 Å². The molecule has 2 rings (SSSR count). The van der Waals surface area contributed by atoms with Crippen LogP contribution in [0, 0.1) is 5.92 Å². The molecule has 2 atom stereocenters. The van der Waals surface area contributed by atoms with Crippen LogP contribution in [0.1, 0.15) is 40.0 Å². The molecule has 6 nitrogen and oxygen atoms in total. The SMILES string of the molecule is O=C([O-])c1ccccc1C(=O)NC[C@@H](O)COC[C@@H]1CC=CCC1. The van der Waals surface area contributed by atoms with Gasteiger partial charge in [-0.2, -0.15) is 0 Å². The van der Waals surface area contributed by atoms with E-state index in [1.165, 1.54) is 18.2 Å². The minimum atomic E-state index is -1.41. The zero-order chi connectivity index (χ0) is 17.4. The highest BCUT2D eigenvalue weighted by atomic mass is 16.5. The Hall–Kier alpha value is -2.18. The lowest BCUT2D eigenvalue weighted by Crippen LogP contribution is -2.36. The maximum atomic E-state index is 12.0. The summed E-state index contributed by atoms with van der Waals surface area (Å²) in [5.41, 5.74) is -0.161. The standard InChI is InChI=1S/C18H23NO5/c20-14(12-24-11-13-6-2-1-3-7-13)10-19-17(21)15-8-4-5-9-16(15)18(22)23/h1-2,4-5,8-9,13-14,20H,3,6-7,10-12H2,(H,19,21)(H,22,23)/p-1/t13-,14-/m1/s1. The first-order valence-corrected chi connectivity index (χ1v) is 8.07. The first kappa shape index (κ1) is 18.2. The number of aliphatic hydroxyl groups excluding tert-OH is 1. The Bertz CT molecular complexity index is 599. The molecule has 2 N–H and O–H groups in total. The molecule has 0 bridgehead atoms. The Kier molecular flexibility index (Phi) is 6.96. The first-order valence-electron chi connectivity index (χ1n) is 8.07. The largest absolute Gasteiger partial charge is 0.545 e. The van der Waals surface area contributed by atoms with Crippen LogP contribution in [0.2, 0.25) is 0 Å². The summed E-state index contributed by atoms with van der Waals surface area (Å²) >= 11 is 0. The van der Waals surface area contributed by atoms with Crippen LogP contribution >= 0.6 is 0 Å². The van der Waals surface area contributed by atoms with Crippen molar-refractivity contribution < 1.29 is 24.5 Å². The van der Waals surface area contributed by atoms with Gasteiger partial charge in [0.2, 0.25) is 0 Å². The van der Waals surface area contributed by atoms with Crippen molar-refractivity contribution in [3.8, 4) is 0 Å². The van der Waals surface area contributed by atoms with E-state index in [1.807, 2.05) is 0 Å². The van der Waals surface area contributed by atoms with Crippen LogP contribution in [-0.4, -0.2) is 42.8 Å². The molecule has 0 unspecified atom stereocenters. The number of carboxylic acid groups (broad SMARTS) is 1. The molecule has 130 valence electrons. The van der Waals surface area contributed by atoms with Gasteiger partial charge in [-0.05, 0) is 31.2 Å². The third-order valence-corrected chi connectivity index (χ3v) is 3.93. The topological polar surface area (TPSA) is 98.7 Å². The Labute approximate surface area is 141 Å². The second kappa shape index (κ2) is 9.20. The number of hydrogen-bond acceptors (Lipinski definition) is 5. The molecule has 0 radical (unpaired) electrons. The van der Waals surface area contributed by atoms with Crippen molar-refractivity contribution in [1.29, 1.82) is 0 Å². The van der Waals surface area contributed by atoms with Gasteiger partial charge in [0.25, 0.3) is 5.91 Å². The first-order chi connectivity index (χ1) is 11.6. The van der Waals surface area contributed by atoms with Crippen LogP contribution in [0.5, 0.6) is 0 Å². The van der Waals surface area contributed by atoms with Crippen LogP contribution < -0.4 is 10.4 Å². The van der Waals surface area contributed by atoms with E-state index < -0.39 is 18.0 Å². The van der Waals surface area contributed by atoms with E-state index in [2.05, 4.69) is 17.5 Å². The number of allylic oxidation sites excluding steroid dienone is 2. The molecule has 0 heterocycles. The average molecular weight is 332 g/mol. The lowest BCUT2D eigenvalue weighted by atomic mass is 9.95. The Morgan fingerprint density at radius 1 is 1.29 bits per heavy atom. The van der Waals surface area contributed by atoms with Gasteiger partial charge in [0.15, 0.2) is 0 Å². The zero-order valence-electron chi connectivity index (χ0n) is 13.4. The highest BCUT2D eigenvalue weighted by molar-refractivity contribution is 6.04. The highest BCUT2D eigenvalue weighted by Gasteiger charge is 2.14. The van der Waals surface area contributed by atoms with Gasteiger partial charge < -0.3 is 25.1 Å². The van der Waals surface area contributed by atoms with Gasteiger partial charge in [0, 0.05) is 24.3 Å². The number of aliphatic hydroxyl groups is 1. The summed E-state index contributed by atoms with van der Waals surface area (Å²) in [7, 11) is 0. The molecule has 0 saturated carbocycles. The second-order valence-corrected chi connectivity index (χ2v) is 5.88. The number of hydrogen-bond donors (Lipinski definition) is 2. The lowest BCUT2D eigenvalue weighted by molar-refractivity contribution is -0.255. The van der Waals surface area contributed by atoms with E-state index in [4.69, 9.17) is 4.74 Å². The van der Waals surface area contributed by atoms with Gasteiger partial charge in [0.1, 0.15) is 0 Å². The molecule has 0 aromatic heterocycles.